The normalized spacial score (nSPS) is 23.9. The highest BCUT2D eigenvalue weighted by Gasteiger charge is 2.35. The van der Waals surface area contributed by atoms with Crippen LogP contribution in [-0.2, 0) is 14.3 Å². The Morgan fingerprint density at radius 3 is 2.38 bits per heavy atom. The van der Waals surface area contributed by atoms with E-state index in [1.54, 1.807) is 9.80 Å². The number of hydrogen-bond acceptors (Lipinski definition) is 5. The van der Waals surface area contributed by atoms with E-state index in [9.17, 15) is 14.4 Å². The molecule has 2 aliphatic rings. The van der Waals surface area contributed by atoms with Crippen molar-refractivity contribution in [3.8, 4) is 0 Å². The Morgan fingerprint density at radius 1 is 1.14 bits per heavy atom. The molecule has 0 bridgehead atoms. The minimum atomic E-state index is -0.878. The van der Waals surface area contributed by atoms with Gasteiger partial charge in [0.15, 0.2) is 0 Å². The Balaban J connectivity index is 1.91. The van der Waals surface area contributed by atoms with E-state index < -0.39 is 17.9 Å². The summed E-state index contributed by atoms with van der Waals surface area (Å²) in [7, 11) is 0. The number of primary amides is 1. The van der Waals surface area contributed by atoms with Gasteiger partial charge < -0.3 is 25.4 Å². The standard InChI is InChI=1S/C12H20N4O5/c13-11(19)9-8-21-6-5-16(9)12(20)15-3-1-14(2-4-15)7-10(17)18/h9H,1-8H2,(H2,13,19)(H,17,18). The first kappa shape index (κ1) is 15.5. The molecule has 0 aromatic heterocycles. The quantitative estimate of drug-likeness (QED) is 0.622. The fraction of sp³-hybridized carbons (Fsp3) is 0.750. The van der Waals surface area contributed by atoms with Gasteiger partial charge in [0.1, 0.15) is 6.04 Å². The second kappa shape index (κ2) is 6.72. The number of carboxylic acids is 1. The molecule has 2 fully saturated rings. The number of rotatable bonds is 3. The summed E-state index contributed by atoms with van der Waals surface area (Å²) < 4.78 is 5.19. The van der Waals surface area contributed by atoms with Crippen LogP contribution < -0.4 is 5.73 Å². The molecular weight excluding hydrogens is 280 g/mol. The lowest BCUT2D eigenvalue weighted by atomic mass is 10.2. The molecule has 0 aromatic rings. The van der Waals surface area contributed by atoms with Gasteiger partial charge in [0.25, 0.3) is 0 Å². The van der Waals surface area contributed by atoms with Gasteiger partial charge in [-0.1, -0.05) is 0 Å². The first-order valence-electron chi connectivity index (χ1n) is 6.86. The van der Waals surface area contributed by atoms with Gasteiger partial charge in [-0.05, 0) is 0 Å². The summed E-state index contributed by atoms with van der Waals surface area (Å²) >= 11 is 0. The Kier molecular flexibility index (Phi) is 4.97. The Morgan fingerprint density at radius 2 is 1.81 bits per heavy atom. The first-order chi connectivity index (χ1) is 9.99. The maximum Gasteiger partial charge on any atom is 0.320 e. The van der Waals surface area contributed by atoms with Crippen LogP contribution in [0.2, 0.25) is 0 Å². The van der Waals surface area contributed by atoms with Crippen LogP contribution in [0.4, 0.5) is 4.79 Å². The van der Waals surface area contributed by atoms with Crippen molar-refractivity contribution < 1.29 is 24.2 Å². The van der Waals surface area contributed by atoms with E-state index in [-0.39, 0.29) is 19.2 Å². The van der Waals surface area contributed by atoms with Gasteiger partial charge in [0.05, 0.1) is 19.8 Å². The molecule has 9 nitrogen and oxygen atoms in total. The smallest absolute Gasteiger partial charge is 0.320 e. The molecule has 2 saturated heterocycles. The number of carbonyl (C=O) groups is 3. The lowest BCUT2D eigenvalue weighted by molar-refractivity contribution is -0.138. The summed E-state index contributed by atoms with van der Waals surface area (Å²) in [6.45, 7) is 2.71. The number of aliphatic carboxylic acids is 1. The number of piperazine rings is 1. The third-order valence-corrected chi connectivity index (χ3v) is 3.70. The maximum absolute atomic E-state index is 12.5. The number of nitrogens with two attached hydrogens (primary N) is 1. The van der Waals surface area contributed by atoms with Crippen molar-refractivity contribution in [3.63, 3.8) is 0 Å². The average molecular weight is 300 g/mol. The van der Waals surface area contributed by atoms with Crippen molar-refractivity contribution in [2.24, 2.45) is 5.73 Å². The van der Waals surface area contributed by atoms with E-state index in [0.717, 1.165) is 0 Å². The number of hydrogen-bond donors (Lipinski definition) is 2. The number of urea groups is 1. The minimum absolute atomic E-state index is 0.0243. The fourth-order valence-corrected chi connectivity index (χ4v) is 2.54. The van der Waals surface area contributed by atoms with Crippen molar-refractivity contribution in [2.75, 3.05) is 52.5 Å². The van der Waals surface area contributed by atoms with E-state index >= 15 is 0 Å². The number of ether oxygens (including phenoxy) is 1. The molecule has 0 aromatic carbocycles. The summed E-state index contributed by atoms with van der Waals surface area (Å²) in [5.74, 6) is -1.45. The predicted octanol–water partition coefficient (Wildman–Crippen LogP) is -2.01. The highest BCUT2D eigenvalue weighted by Crippen LogP contribution is 2.12. The summed E-state index contributed by atoms with van der Waals surface area (Å²) in [5, 5.41) is 8.74. The molecule has 0 radical (unpaired) electrons. The zero-order valence-electron chi connectivity index (χ0n) is 11.7. The number of amides is 3. The fourth-order valence-electron chi connectivity index (χ4n) is 2.54. The largest absolute Gasteiger partial charge is 0.480 e. The van der Waals surface area contributed by atoms with Crippen LogP contribution in [0.15, 0.2) is 0 Å². The summed E-state index contributed by atoms with van der Waals surface area (Å²) in [6, 6.07) is -0.972. The van der Waals surface area contributed by atoms with Gasteiger partial charge in [-0.15, -0.1) is 0 Å². The van der Waals surface area contributed by atoms with Crippen LogP contribution in [0.1, 0.15) is 0 Å². The SMILES string of the molecule is NC(=O)C1COCCN1C(=O)N1CCN(CC(=O)O)CC1. The minimum Gasteiger partial charge on any atom is -0.480 e. The van der Waals surface area contributed by atoms with Crippen LogP contribution in [0.3, 0.4) is 0 Å². The monoisotopic (exact) mass is 300 g/mol. The van der Waals surface area contributed by atoms with Crippen molar-refractivity contribution in [3.05, 3.63) is 0 Å². The summed E-state index contributed by atoms with van der Waals surface area (Å²) in [4.78, 5) is 39.3. The summed E-state index contributed by atoms with van der Waals surface area (Å²) in [6.07, 6.45) is 0. The van der Waals surface area contributed by atoms with Gasteiger partial charge in [-0.25, -0.2) is 4.79 Å². The number of carboxylic acid groups (broad SMARTS) is 1. The van der Waals surface area contributed by atoms with Crippen LogP contribution in [0.25, 0.3) is 0 Å². The molecule has 3 N–H and O–H groups in total. The Labute approximate surface area is 122 Å². The van der Waals surface area contributed by atoms with E-state index in [0.29, 0.717) is 39.3 Å². The molecular formula is C12H20N4O5. The Hall–Kier alpha value is -1.87. The van der Waals surface area contributed by atoms with E-state index in [2.05, 4.69) is 0 Å². The van der Waals surface area contributed by atoms with E-state index in [1.165, 1.54) is 4.90 Å². The molecule has 118 valence electrons. The summed E-state index contributed by atoms with van der Waals surface area (Å²) in [5.41, 5.74) is 5.30. The lowest BCUT2D eigenvalue weighted by Crippen LogP contribution is -2.60. The van der Waals surface area contributed by atoms with Crippen molar-refractivity contribution >= 4 is 17.9 Å². The van der Waals surface area contributed by atoms with Crippen LogP contribution in [-0.4, -0.2) is 96.2 Å². The maximum atomic E-state index is 12.5. The highest BCUT2D eigenvalue weighted by molar-refractivity contribution is 5.86. The molecule has 1 atom stereocenters. The molecule has 2 rings (SSSR count). The molecule has 1 unspecified atom stereocenters. The number of carbonyl (C=O) groups excluding carboxylic acids is 2. The van der Waals surface area contributed by atoms with Crippen molar-refractivity contribution in [1.29, 1.82) is 0 Å². The van der Waals surface area contributed by atoms with E-state index in [1.807, 2.05) is 0 Å². The van der Waals surface area contributed by atoms with Crippen LogP contribution >= 0.6 is 0 Å². The average Bonchev–Trinajstić information content (AvgIpc) is 2.46. The molecule has 0 saturated carbocycles. The van der Waals surface area contributed by atoms with Crippen molar-refractivity contribution in [2.45, 2.75) is 6.04 Å². The second-order valence-corrected chi connectivity index (χ2v) is 5.13. The first-order valence-corrected chi connectivity index (χ1v) is 6.86. The van der Waals surface area contributed by atoms with Gasteiger partial charge in [-0.3, -0.25) is 14.5 Å². The number of morpholine rings is 1. The topological polar surface area (TPSA) is 116 Å². The molecule has 2 aliphatic heterocycles. The zero-order valence-corrected chi connectivity index (χ0v) is 11.7. The van der Waals surface area contributed by atoms with E-state index in [4.69, 9.17) is 15.6 Å². The lowest BCUT2D eigenvalue weighted by Gasteiger charge is -2.40. The van der Waals surface area contributed by atoms with Crippen LogP contribution in [0, 0.1) is 0 Å². The molecule has 0 aliphatic carbocycles. The predicted molar refractivity (Wildman–Crippen MR) is 71.6 cm³/mol. The van der Waals surface area contributed by atoms with Gasteiger partial charge in [-0.2, -0.15) is 0 Å². The molecule has 3 amide bonds. The Bertz CT molecular complexity index is 422. The van der Waals surface area contributed by atoms with Crippen molar-refractivity contribution in [1.82, 2.24) is 14.7 Å². The van der Waals surface area contributed by atoms with Gasteiger partial charge in [0, 0.05) is 32.7 Å². The zero-order chi connectivity index (χ0) is 15.4. The van der Waals surface area contributed by atoms with Gasteiger partial charge >= 0.3 is 12.0 Å². The molecule has 0 spiro atoms. The number of nitrogens with zero attached hydrogens (tertiary/aromatic N) is 3. The molecule has 9 heteroatoms. The van der Waals surface area contributed by atoms with Crippen LogP contribution in [0.5, 0.6) is 0 Å². The third kappa shape index (κ3) is 3.82. The molecule has 2 heterocycles. The molecule has 21 heavy (non-hydrogen) atoms. The third-order valence-electron chi connectivity index (χ3n) is 3.70. The second-order valence-electron chi connectivity index (χ2n) is 5.13. The highest BCUT2D eigenvalue weighted by atomic mass is 16.5. The van der Waals surface area contributed by atoms with Gasteiger partial charge in [0.2, 0.25) is 5.91 Å².